The van der Waals surface area contributed by atoms with E-state index in [0.717, 1.165) is 4.31 Å². The van der Waals surface area contributed by atoms with E-state index in [9.17, 15) is 13.2 Å². The van der Waals surface area contributed by atoms with Crippen LogP contribution in [0.3, 0.4) is 0 Å². The van der Waals surface area contributed by atoms with Crippen LogP contribution in [0.2, 0.25) is 10.0 Å². The highest BCUT2D eigenvalue weighted by atomic mass is 35.5. The maximum absolute atomic E-state index is 13.5. The molecule has 8 nitrogen and oxygen atoms in total. The molecule has 0 saturated carbocycles. The maximum Gasteiger partial charge on any atom is 0.264 e. The standard InChI is InChI=1S/C24H22Cl2N2O6S/c1-32-18-7-9-20(10-8-18)35(30,31)28-15-23(34-22-11-4-17(26)14-21(22)28)24(29)27-12-13-33-19-5-2-16(25)3-6-19/h2-11,14,23H,12-13,15H2,1H3,(H,27,29)/t23-/m0/s1. The number of methoxy groups -OCH3 is 1. The molecule has 0 bridgehead atoms. The molecule has 0 fully saturated rings. The van der Waals surface area contributed by atoms with Gasteiger partial charge in [-0.1, -0.05) is 23.2 Å². The molecule has 3 aromatic rings. The van der Waals surface area contributed by atoms with Gasteiger partial charge in [-0.05, 0) is 66.7 Å². The predicted molar refractivity (Wildman–Crippen MR) is 133 cm³/mol. The lowest BCUT2D eigenvalue weighted by atomic mass is 10.2. The number of hydrogen-bond donors (Lipinski definition) is 1. The van der Waals surface area contributed by atoms with Gasteiger partial charge in [-0.15, -0.1) is 0 Å². The molecular formula is C24H22Cl2N2O6S. The number of benzene rings is 3. The van der Waals surface area contributed by atoms with Gasteiger partial charge in [0.2, 0.25) is 0 Å². The molecule has 1 atom stereocenters. The third kappa shape index (κ3) is 5.75. The Morgan fingerprint density at radius 3 is 2.37 bits per heavy atom. The average Bonchev–Trinajstić information content (AvgIpc) is 2.86. The van der Waals surface area contributed by atoms with Crippen LogP contribution in [0.15, 0.2) is 71.6 Å². The van der Waals surface area contributed by atoms with Crippen molar-refractivity contribution in [2.24, 2.45) is 0 Å². The van der Waals surface area contributed by atoms with Crippen molar-refractivity contribution in [1.82, 2.24) is 5.32 Å². The number of sulfonamides is 1. The molecule has 184 valence electrons. The zero-order valence-corrected chi connectivity index (χ0v) is 20.9. The fourth-order valence-electron chi connectivity index (χ4n) is 3.45. The molecule has 4 rings (SSSR count). The van der Waals surface area contributed by atoms with E-state index >= 15 is 0 Å². The van der Waals surface area contributed by atoms with Crippen molar-refractivity contribution in [2.75, 3.05) is 31.1 Å². The number of anilines is 1. The lowest BCUT2D eigenvalue weighted by Crippen LogP contribution is -2.51. The Balaban J connectivity index is 1.49. The van der Waals surface area contributed by atoms with E-state index in [1.807, 2.05) is 0 Å². The Hall–Kier alpha value is -3.14. The molecule has 0 aliphatic carbocycles. The second-order valence-electron chi connectivity index (χ2n) is 7.52. The van der Waals surface area contributed by atoms with Gasteiger partial charge in [-0.2, -0.15) is 0 Å². The highest BCUT2D eigenvalue weighted by Crippen LogP contribution is 2.39. The summed E-state index contributed by atoms with van der Waals surface area (Å²) in [7, 11) is -2.53. The van der Waals surface area contributed by atoms with E-state index in [-0.39, 0.29) is 36.0 Å². The van der Waals surface area contributed by atoms with Gasteiger partial charge in [0, 0.05) is 10.0 Å². The number of carbonyl (C=O) groups is 1. The number of carbonyl (C=O) groups excluding carboxylic acids is 1. The normalized spacial score (nSPS) is 15.1. The molecule has 11 heteroatoms. The number of nitrogens with one attached hydrogen (secondary N) is 1. The number of fused-ring (bicyclic) bond motifs is 1. The van der Waals surface area contributed by atoms with Gasteiger partial charge >= 0.3 is 0 Å². The first kappa shape index (κ1) is 25.0. The van der Waals surface area contributed by atoms with E-state index in [1.165, 1.54) is 31.4 Å². The van der Waals surface area contributed by atoms with Gasteiger partial charge in [0.05, 0.1) is 30.8 Å². The predicted octanol–water partition coefficient (Wildman–Crippen LogP) is 4.15. The molecular weight excluding hydrogens is 515 g/mol. The summed E-state index contributed by atoms with van der Waals surface area (Å²) in [6.07, 6.45) is -1.08. The summed E-state index contributed by atoms with van der Waals surface area (Å²) in [4.78, 5) is 12.9. The molecule has 35 heavy (non-hydrogen) atoms. The van der Waals surface area contributed by atoms with Crippen molar-refractivity contribution in [3.05, 3.63) is 76.8 Å². The Bertz CT molecular complexity index is 1300. The first-order valence-corrected chi connectivity index (χ1v) is 12.8. The first-order valence-electron chi connectivity index (χ1n) is 10.6. The molecule has 1 aliphatic heterocycles. The SMILES string of the molecule is COc1ccc(S(=O)(=O)N2C[C@@H](C(=O)NCCOc3ccc(Cl)cc3)Oc3ccc(Cl)cc32)cc1. The van der Waals surface area contributed by atoms with Crippen molar-refractivity contribution in [3.8, 4) is 17.2 Å². The number of hydrogen-bond acceptors (Lipinski definition) is 6. The van der Waals surface area contributed by atoms with Gasteiger partial charge < -0.3 is 19.5 Å². The molecule has 0 aromatic heterocycles. The lowest BCUT2D eigenvalue weighted by Gasteiger charge is -2.34. The van der Waals surface area contributed by atoms with Crippen molar-refractivity contribution in [3.63, 3.8) is 0 Å². The molecule has 0 spiro atoms. The summed E-state index contributed by atoms with van der Waals surface area (Å²) in [6.45, 7) is 0.172. The highest BCUT2D eigenvalue weighted by molar-refractivity contribution is 7.92. The van der Waals surface area contributed by atoms with Crippen LogP contribution in [0.5, 0.6) is 17.2 Å². The van der Waals surface area contributed by atoms with Gasteiger partial charge in [-0.3, -0.25) is 9.10 Å². The lowest BCUT2D eigenvalue weighted by molar-refractivity contribution is -0.127. The van der Waals surface area contributed by atoms with Crippen molar-refractivity contribution < 1.29 is 27.4 Å². The minimum atomic E-state index is -4.02. The molecule has 1 heterocycles. The second kappa shape index (κ2) is 10.6. The molecule has 3 aromatic carbocycles. The average molecular weight is 537 g/mol. The highest BCUT2D eigenvalue weighted by Gasteiger charge is 2.37. The quantitative estimate of drug-likeness (QED) is 0.434. The molecule has 0 unspecified atom stereocenters. The minimum Gasteiger partial charge on any atom is -0.497 e. The molecule has 1 aliphatic rings. The van der Waals surface area contributed by atoms with E-state index < -0.39 is 22.0 Å². The first-order chi connectivity index (χ1) is 16.8. The van der Waals surface area contributed by atoms with Crippen molar-refractivity contribution >= 4 is 44.8 Å². The summed E-state index contributed by atoms with van der Waals surface area (Å²) >= 11 is 12.0. The second-order valence-corrected chi connectivity index (χ2v) is 10.3. The summed E-state index contributed by atoms with van der Waals surface area (Å²) in [5.74, 6) is 0.892. The Morgan fingerprint density at radius 2 is 1.69 bits per heavy atom. The Morgan fingerprint density at radius 1 is 1.03 bits per heavy atom. The van der Waals surface area contributed by atoms with Crippen LogP contribution in [0.4, 0.5) is 5.69 Å². The third-order valence-electron chi connectivity index (χ3n) is 5.21. The van der Waals surface area contributed by atoms with Crippen LogP contribution >= 0.6 is 23.2 Å². The largest absolute Gasteiger partial charge is 0.497 e. The zero-order chi connectivity index (χ0) is 25.0. The number of nitrogens with zero attached hydrogens (tertiary/aromatic N) is 1. The van der Waals surface area contributed by atoms with Crippen LogP contribution in [0.25, 0.3) is 0 Å². The molecule has 1 N–H and O–H groups in total. The summed E-state index contributed by atoms with van der Waals surface area (Å²) in [5, 5.41) is 3.65. The van der Waals surface area contributed by atoms with Crippen molar-refractivity contribution in [2.45, 2.75) is 11.0 Å². The van der Waals surface area contributed by atoms with Gasteiger partial charge in [0.15, 0.2) is 6.10 Å². The molecule has 0 radical (unpaired) electrons. The minimum absolute atomic E-state index is 0.0432. The van der Waals surface area contributed by atoms with Crippen LogP contribution < -0.4 is 23.8 Å². The molecule has 1 amide bonds. The Kier molecular flexibility index (Phi) is 7.59. The summed E-state index contributed by atoms with van der Waals surface area (Å²) < 4.78 is 44.6. The topological polar surface area (TPSA) is 94.2 Å². The summed E-state index contributed by atoms with van der Waals surface area (Å²) in [6, 6.07) is 17.4. The van der Waals surface area contributed by atoms with Crippen molar-refractivity contribution in [1.29, 1.82) is 0 Å². The smallest absolute Gasteiger partial charge is 0.264 e. The van der Waals surface area contributed by atoms with Gasteiger partial charge in [0.1, 0.15) is 23.9 Å². The number of amides is 1. The van der Waals surface area contributed by atoms with Gasteiger partial charge in [-0.25, -0.2) is 8.42 Å². The fraction of sp³-hybridized carbons (Fsp3) is 0.208. The maximum atomic E-state index is 13.5. The van der Waals surface area contributed by atoms with E-state index in [4.69, 9.17) is 37.4 Å². The fourth-order valence-corrected chi connectivity index (χ4v) is 5.21. The number of rotatable bonds is 8. The van der Waals surface area contributed by atoms with E-state index in [1.54, 1.807) is 42.5 Å². The zero-order valence-electron chi connectivity index (χ0n) is 18.6. The monoisotopic (exact) mass is 536 g/mol. The van der Waals surface area contributed by atoms with E-state index in [0.29, 0.717) is 21.5 Å². The van der Waals surface area contributed by atoms with E-state index in [2.05, 4.69) is 5.32 Å². The number of halogens is 2. The van der Waals surface area contributed by atoms with Crippen LogP contribution in [-0.4, -0.2) is 47.2 Å². The summed E-state index contributed by atoms with van der Waals surface area (Å²) in [5.41, 5.74) is 0.253. The third-order valence-corrected chi connectivity index (χ3v) is 7.50. The number of ether oxygens (including phenoxy) is 3. The van der Waals surface area contributed by atoms with Gasteiger partial charge in [0.25, 0.3) is 15.9 Å². The van der Waals surface area contributed by atoms with Crippen LogP contribution in [-0.2, 0) is 14.8 Å². The van der Waals surface area contributed by atoms with Crippen LogP contribution in [0, 0.1) is 0 Å². The Labute approximate surface area is 213 Å². The van der Waals surface area contributed by atoms with Crippen LogP contribution in [0.1, 0.15) is 0 Å². The molecule has 0 saturated heterocycles.